The Bertz CT molecular complexity index is 1040. The van der Waals surface area contributed by atoms with Gasteiger partial charge in [0.15, 0.2) is 5.03 Å². The molecule has 1 amide bonds. The van der Waals surface area contributed by atoms with Crippen LogP contribution >= 0.6 is 0 Å². The van der Waals surface area contributed by atoms with E-state index in [2.05, 4.69) is 40.4 Å². The SMILES string of the molecule is CCCCOc1cccc(S(=O)(=O)NC(=O)c2cccnc2N2CC(C)CC2(C)C)n1. The van der Waals surface area contributed by atoms with Crippen molar-refractivity contribution in [2.75, 3.05) is 18.1 Å². The topological polar surface area (TPSA) is 101 Å². The van der Waals surface area contributed by atoms with Crippen LogP contribution in [0.25, 0.3) is 0 Å². The Morgan fingerprint density at radius 1 is 1.29 bits per heavy atom. The van der Waals surface area contributed by atoms with Crippen molar-refractivity contribution in [3.63, 3.8) is 0 Å². The first-order chi connectivity index (χ1) is 14.6. The molecule has 3 heterocycles. The van der Waals surface area contributed by atoms with E-state index in [1.807, 2.05) is 6.92 Å². The molecule has 0 radical (unpaired) electrons. The van der Waals surface area contributed by atoms with Gasteiger partial charge in [0, 0.05) is 24.3 Å². The number of unbranched alkanes of at least 4 members (excludes halogenated alkanes) is 1. The molecule has 31 heavy (non-hydrogen) atoms. The Labute approximate surface area is 184 Å². The van der Waals surface area contributed by atoms with Crippen molar-refractivity contribution in [1.29, 1.82) is 0 Å². The highest BCUT2D eigenvalue weighted by atomic mass is 32.2. The largest absolute Gasteiger partial charge is 0.478 e. The van der Waals surface area contributed by atoms with Gasteiger partial charge in [-0.1, -0.05) is 26.3 Å². The highest BCUT2D eigenvalue weighted by Gasteiger charge is 2.39. The lowest BCUT2D eigenvalue weighted by atomic mass is 9.97. The average Bonchev–Trinajstić information content (AvgIpc) is 3.00. The number of pyridine rings is 2. The molecule has 1 fully saturated rings. The Morgan fingerprint density at radius 3 is 2.74 bits per heavy atom. The van der Waals surface area contributed by atoms with Crippen LogP contribution in [-0.2, 0) is 10.0 Å². The molecule has 168 valence electrons. The standard InChI is InChI=1S/C22H30N4O4S/c1-5-6-13-30-18-10-7-11-19(24-18)31(28,29)25-21(27)17-9-8-12-23-20(17)26-15-16(2)14-22(26,3)4/h7-12,16H,5-6,13-15H2,1-4H3,(H,25,27). The fraction of sp³-hybridized carbons (Fsp3) is 0.500. The zero-order valence-electron chi connectivity index (χ0n) is 18.5. The maximum Gasteiger partial charge on any atom is 0.281 e. The molecular weight excluding hydrogens is 416 g/mol. The number of hydrogen-bond donors (Lipinski definition) is 1. The molecule has 1 aliphatic heterocycles. The second-order valence-corrected chi connectivity index (χ2v) is 10.2. The van der Waals surface area contributed by atoms with Crippen molar-refractivity contribution >= 4 is 21.7 Å². The van der Waals surface area contributed by atoms with Gasteiger partial charge in [0.05, 0.1) is 12.2 Å². The zero-order chi connectivity index (χ0) is 22.6. The van der Waals surface area contributed by atoms with Gasteiger partial charge in [-0.15, -0.1) is 0 Å². The van der Waals surface area contributed by atoms with Crippen molar-refractivity contribution in [2.24, 2.45) is 5.92 Å². The summed E-state index contributed by atoms with van der Waals surface area (Å²) in [6, 6.07) is 7.67. The lowest BCUT2D eigenvalue weighted by molar-refractivity contribution is 0.0981. The van der Waals surface area contributed by atoms with Gasteiger partial charge in [-0.3, -0.25) is 4.79 Å². The molecule has 3 rings (SSSR count). The minimum Gasteiger partial charge on any atom is -0.478 e. The number of anilines is 1. The van der Waals surface area contributed by atoms with Gasteiger partial charge in [-0.2, -0.15) is 13.4 Å². The predicted octanol–water partition coefficient (Wildman–Crippen LogP) is 3.40. The third-order valence-electron chi connectivity index (χ3n) is 5.31. The molecule has 0 spiro atoms. The summed E-state index contributed by atoms with van der Waals surface area (Å²) < 4.78 is 33.3. The van der Waals surface area contributed by atoms with Crippen molar-refractivity contribution in [3.05, 3.63) is 42.1 Å². The van der Waals surface area contributed by atoms with Gasteiger partial charge in [0.25, 0.3) is 15.9 Å². The van der Waals surface area contributed by atoms with Crippen molar-refractivity contribution < 1.29 is 17.9 Å². The minimum absolute atomic E-state index is 0.187. The normalized spacial score (nSPS) is 18.1. The van der Waals surface area contributed by atoms with Crippen LogP contribution in [-0.4, -0.2) is 43.0 Å². The van der Waals surface area contributed by atoms with E-state index in [4.69, 9.17) is 4.74 Å². The van der Waals surface area contributed by atoms with Crippen LogP contribution < -0.4 is 14.4 Å². The van der Waals surface area contributed by atoms with Crippen LogP contribution in [0.4, 0.5) is 5.82 Å². The second-order valence-electron chi connectivity index (χ2n) is 8.56. The molecule has 0 saturated carbocycles. The number of amides is 1. The third kappa shape index (κ3) is 5.33. The molecule has 1 unspecified atom stereocenters. The summed E-state index contributed by atoms with van der Waals surface area (Å²) in [4.78, 5) is 23.5. The quantitative estimate of drug-likeness (QED) is 0.620. The molecule has 2 aromatic rings. The molecule has 9 heteroatoms. The third-order valence-corrected chi connectivity index (χ3v) is 6.54. The molecule has 0 bridgehead atoms. The molecule has 8 nitrogen and oxygen atoms in total. The Hall–Kier alpha value is -2.68. The lowest BCUT2D eigenvalue weighted by Crippen LogP contribution is -2.41. The maximum atomic E-state index is 13.0. The first-order valence-corrected chi connectivity index (χ1v) is 12.0. The van der Waals surface area contributed by atoms with E-state index >= 15 is 0 Å². The summed E-state index contributed by atoms with van der Waals surface area (Å²) in [6.07, 6.45) is 4.36. The van der Waals surface area contributed by atoms with E-state index in [9.17, 15) is 13.2 Å². The lowest BCUT2D eigenvalue weighted by Gasteiger charge is -2.33. The minimum atomic E-state index is -4.18. The summed E-state index contributed by atoms with van der Waals surface area (Å²) in [5, 5.41) is -0.268. The molecule has 0 aromatic carbocycles. The van der Waals surface area contributed by atoms with Crippen LogP contribution in [0.3, 0.4) is 0 Å². The summed E-state index contributed by atoms with van der Waals surface area (Å²) >= 11 is 0. The van der Waals surface area contributed by atoms with E-state index in [1.54, 1.807) is 24.4 Å². The van der Waals surface area contributed by atoms with E-state index in [1.165, 1.54) is 12.1 Å². The first kappa shape index (κ1) is 23.0. The zero-order valence-corrected chi connectivity index (χ0v) is 19.3. The van der Waals surface area contributed by atoms with Gasteiger partial charge in [0.2, 0.25) is 5.88 Å². The molecule has 1 N–H and O–H groups in total. The number of aromatic nitrogens is 2. The number of ether oxygens (including phenoxy) is 1. The highest BCUT2D eigenvalue weighted by Crippen LogP contribution is 2.37. The monoisotopic (exact) mass is 446 g/mol. The Balaban J connectivity index is 1.83. The fourth-order valence-electron chi connectivity index (χ4n) is 3.93. The van der Waals surface area contributed by atoms with E-state index < -0.39 is 15.9 Å². The number of sulfonamides is 1. The number of carbonyl (C=O) groups excluding carboxylic acids is 1. The van der Waals surface area contributed by atoms with Crippen LogP contribution in [0, 0.1) is 5.92 Å². The summed E-state index contributed by atoms with van der Waals surface area (Å²) in [5.74, 6) is 0.390. The molecule has 0 aliphatic carbocycles. The van der Waals surface area contributed by atoms with E-state index in [-0.39, 0.29) is 22.0 Å². The van der Waals surface area contributed by atoms with Crippen LogP contribution in [0.2, 0.25) is 0 Å². The predicted molar refractivity (Wildman–Crippen MR) is 119 cm³/mol. The van der Waals surface area contributed by atoms with Crippen LogP contribution in [0.5, 0.6) is 5.88 Å². The number of carbonyl (C=O) groups is 1. The molecular formula is C22H30N4O4S. The van der Waals surface area contributed by atoms with Crippen molar-refractivity contribution in [3.8, 4) is 5.88 Å². The highest BCUT2D eigenvalue weighted by molar-refractivity contribution is 7.90. The van der Waals surface area contributed by atoms with E-state index in [0.717, 1.165) is 25.8 Å². The Morgan fingerprint density at radius 2 is 2.06 bits per heavy atom. The number of hydrogen-bond acceptors (Lipinski definition) is 7. The molecule has 2 aromatic heterocycles. The van der Waals surface area contributed by atoms with Gasteiger partial charge in [-0.05, 0) is 50.8 Å². The van der Waals surface area contributed by atoms with Gasteiger partial charge >= 0.3 is 0 Å². The number of nitrogens with one attached hydrogen (secondary N) is 1. The van der Waals surface area contributed by atoms with Crippen LogP contribution in [0.1, 0.15) is 57.3 Å². The average molecular weight is 447 g/mol. The summed E-state index contributed by atoms with van der Waals surface area (Å²) in [7, 11) is -4.18. The van der Waals surface area contributed by atoms with Gasteiger partial charge in [0.1, 0.15) is 5.82 Å². The molecule has 1 atom stereocenters. The molecule has 1 aliphatic rings. The first-order valence-electron chi connectivity index (χ1n) is 10.5. The van der Waals surface area contributed by atoms with E-state index in [0.29, 0.717) is 18.3 Å². The van der Waals surface area contributed by atoms with Crippen LogP contribution in [0.15, 0.2) is 41.6 Å². The smallest absolute Gasteiger partial charge is 0.281 e. The molecule has 1 saturated heterocycles. The van der Waals surface area contributed by atoms with Gasteiger partial charge < -0.3 is 9.64 Å². The number of rotatable bonds is 8. The number of nitrogens with zero attached hydrogens (tertiary/aromatic N) is 3. The van der Waals surface area contributed by atoms with Crippen molar-refractivity contribution in [2.45, 2.75) is 57.5 Å². The summed E-state index contributed by atoms with van der Waals surface area (Å²) in [5.41, 5.74) is 0.0246. The fourth-order valence-corrected chi connectivity index (χ4v) is 4.85. The Kier molecular flexibility index (Phi) is 6.83. The van der Waals surface area contributed by atoms with Crippen molar-refractivity contribution in [1.82, 2.24) is 14.7 Å². The van der Waals surface area contributed by atoms with Gasteiger partial charge in [-0.25, -0.2) is 9.71 Å². The second kappa shape index (κ2) is 9.21. The summed E-state index contributed by atoms with van der Waals surface area (Å²) in [6.45, 7) is 9.56. The maximum absolute atomic E-state index is 13.0.